The summed E-state index contributed by atoms with van der Waals surface area (Å²) in [5.74, 6) is 0.288. The SMILES string of the molecule is CC(C)(C)c1ccc(C(F)(F)F)cc1OCCCN. The first-order valence-electron chi connectivity index (χ1n) is 6.21. The van der Waals surface area contributed by atoms with Crippen LogP contribution in [0.25, 0.3) is 0 Å². The van der Waals surface area contributed by atoms with Gasteiger partial charge in [0, 0.05) is 0 Å². The quantitative estimate of drug-likeness (QED) is 0.850. The Morgan fingerprint density at radius 2 is 1.79 bits per heavy atom. The van der Waals surface area contributed by atoms with Crippen molar-refractivity contribution in [3.8, 4) is 5.75 Å². The molecule has 0 bridgehead atoms. The molecule has 1 rings (SSSR count). The van der Waals surface area contributed by atoms with Crippen LogP contribution in [0, 0.1) is 0 Å². The molecule has 0 saturated carbocycles. The van der Waals surface area contributed by atoms with E-state index in [1.165, 1.54) is 6.07 Å². The third-order valence-corrected chi connectivity index (χ3v) is 2.72. The Morgan fingerprint density at radius 1 is 1.16 bits per heavy atom. The molecule has 0 fully saturated rings. The van der Waals surface area contributed by atoms with E-state index in [0.717, 1.165) is 17.7 Å². The number of alkyl halides is 3. The molecule has 5 heteroatoms. The minimum absolute atomic E-state index is 0.276. The summed E-state index contributed by atoms with van der Waals surface area (Å²) in [6.45, 7) is 6.58. The zero-order valence-corrected chi connectivity index (χ0v) is 11.5. The molecule has 0 unspecified atom stereocenters. The molecule has 0 spiro atoms. The fourth-order valence-electron chi connectivity index (χ4n) is 1.70. The van der Waals surface area contributed by atoms with Gasteiger partial charge in [-0.2, -0.15) is 13.2 Å². The number of hydrogen-bond donors (Lipinski definition) is 1. The maximum atomic E-state index is 12.7. The smallest absolute Gasteiger partial charge is 0.416 e. The van der Waals surface area contributed by atoms with Crippen LogP contribution in [-0.4, -0.2) is 13.2 Å². The van der Waals surface area contributed by atoms with E-state index in [1.807, 2.05) is 20.8 Å². The molecular formula is C14H20F3NO. The molecule has 0 heterocycles. The number of halogens is 3. The molecule has 0 aliphatic heterocycles. The van der Waals surface area contributed by atoms with Crippen LogP contribution in [0.3, 0.4) is 0 Å². The van der Waals surface area contributed by atoms with Gasteiger partial charge < -0.3 is 10.5 Å². The first-order chi connectivity index (χ1) is 8.66. The lowest BCUT2D eigenvalue weighted by atomic mass is 9.85. The van der Waals surface area contributed by atoms with Crippen molar-refractivity contribution < 1.29 is 17.9 Å². The predicted octanol–water partition coefficient (Wildman–Crippen LogP) is 3.73. The van der Waals surface area contributed by atoms with Crippen molar-refractivity contribution >= 4 is 0 Å². The Hall–Kier alpha value is -1.23. The summed E-state index contributed by atoms with van der Waals surface area (Å²) < 4.78 is 43.6. The number of nitrogens with two attached hydrogens (primary N) is 1. The highest BCUT2D eigenvalue weighted by atomic mass is 19.4. The van der Waals surface area contributed by atoms with E-state index in [1.54, 1.807) is 0 Å². The number of benzene rings is 1. The van der Waals surface area contributed by atoms with Crippen molar-refractivity contribution in [2.24, 2.45) is 5.73 Å². The van der Waals surface area contributed by atoms with Crippen molar-refractivity contribution in [2.45, 2.75) is 38.8 Å². The monoisotopic (exact) mass is 275 g/mol. The van der Waals surface area contributed by atoms with Gasteiger partial charge in [-0.05, 0) is 36.1 Å². The molecule has 19 heavy (non-hydrogen) atoms. The molecule has 0 saturated heterocycles. The fourth-order valence-corrected chi connectivity index (χ4v) is 1.70. The molecule has 0 aromatic heterocycles. The van der Waals surface area contributed by atoms with Gasteiger partial charge in [-0.1, -0.05) is 26.8 Å². The first kappa shape index (κ1) is 15.8. The van der Waals surface area contributed by atoms with Crippen LogP contribution in [-0.2, 0) is 11.6 Å². The van der Waals surface area contributed by atoms with E-state index in [0.29, 0.717) is 19.6 Å². The van der Waals surface area contributed by atoms with Crippen molar-refractivity contribution in [1.29, 1.82) is 0 Å². The lowest BCUT2D eigenvalue weighted by Crippen LogP contribution is -2.16. The average molecular weight is 275 g/mol. The van der Waals surface area contributed by atoms with E-state index >= 15 is 0 Å². The Bertz CT molecular complexity index is 422. The minimum Gasteiger partial charge on any atom is -0.493 e. The van der Waals surface area contributed by atoms with E-state index in [-0.39, 0.29) is 11.2 Å². The molecule has 0 radical (unpaired) electrons. The molecule has 1 aromatic rings. The van der Waals surface area contributed by atoms with Gasteiger partial charge in [-0.3, -0.25) is 0 Å². The van der Waals surface area contributed by atoms with Gasteiger partial charge in [-0.25, -0.2) is 0 Å². The highest BCUT2D eigenvalue weighted by Gasteiger charge is 2.32. The van der Waals surface area contributed by atoms with Crippen LogP contribution in [0.1, 0.15) is 38.3 Å². The third-order valence-electron chi connectivity index (χ3n) is 2.72. The molecule has 0 atom stereocenters. The Kier molecular flexibility index (Phi) is 4.85. The number of hydrogen-bond acceptors (Lipinski definition) is 2. The van der Waals surface area contributed by atoms with Crippen LogP contribution < -0.4 is 10.5 Å². The highest BCUT2D eigenvalue weighted by Crippen LogP contribution is 2.37. The predicted molar refractivity (Wildman–Crippen MR) is 69.3 cm³/mol. The Labute approximate surface area is 111 Å². The van der Waals surface area contributed by atoms with Gasteiger partial charge in [0.2, 0.25) is 0 Å². The van der Waals surface area contributed by atoms with Gasteiger partial charge >= 0.3 is 6.18 Å². The van der Waals surface area contributed by atoms with Crippen LogP contribution in [0.5, 0.6) is 5.75 Å². The van der Waals surface area contributed by atoms with Gasteiger partial charge in [0.25, 0.3) is 0 Å². The van der Waals surface area contributed by atoms with Gasteiger partial charge in [0.15, 0.2) is 0 Å². The lowest BCUT2D eigenvalue weighted by molar-refractivity contribution is -0.137. The summed E-state index contributed by atoms with van der Waals surface area (Å²) in [6.07, 6.45) is -3.75. The summed E-state index contributed by atoms with van der Waals surface area (Å²) in [6, 6.07) is 3.65. The van der Waals surface area contributed by atoms with E-state index in [9.17, 15) is 13.2 Å². The van der Waals surface area contributed by atoms with E-state index in [2.05, 4.69) is 0 Å². The van der Waals surface area contributed by atoms with Gasteiger partial charge in [-0.15, -0.1) is 0 Å². The van der Waals surface area contributed by atoms with Crippen molar-refractivity contribution in [1.82, 2.24) is 0 Å². The van der Waals surface area contributed by atoms with E-state index in [4.69, 9.17) is 10.5 Å². The van der Waals surface area contributed by atoms with Crippen molar-refractivity contribution in [3.05, 3.63) is 29.3 Å². The highest BCUT2D eigenvalue weighted by molar-refractivity contribution is 5.42. The van der Waals surface area contributed by atoms with Crippen LogP contribution in [0.2, 0.25) is 0 Å². The molecule has 0 aliphatic rings. The van der Waals surface area contributed by atoms with Gasteiger partial charge in [0.05, 0.1) is 12.2 Å². The number of rotatable bonds is 4. The summed E-state index contributed by atoms with van der Waals surface area (Å²) in [4.78, 5) is 0. The molecule has 2 N–H and O–H groups in total. The summed E-state index contributed by atoms with van der Waals surface area (Å²) in [5.41, 5.74) is 5.15. The molecule has 108 valence electrons. The van der Waals surface area contributed by atoms with Crippen molar-refractivity contribution in [3.63, 3.8) is 0 Å². The normalized spacial score (nSPS) is 12.6. The Balaban J connectivity index is 3.12. The maximum Gasteiger partial charge on any atom is 0.416 e. The topological polar surface area (TPSA) is 35.2 Å². The standard InChI is InChI=1S/C14H20F3NO/c1-13(2,3)11-6-5-10(14(15,16)17)9-12(11)19-8-4-7-18/h5-6,9H,4,7-8,18H2,1-3H3. The summed E-state index contributed by atoms with van der Waals surface area (Å²) in [5, 5.41) is 0. The zero-order valence-electron chi connectivity index (χ0n) is 11.5. The maximum absolute atomic E-state index is 12.7. The zero-order chi connectivity index (χ0) is 14.7. The lowest BCUT2D eigenvalue weighted by Gasteiger charge is -2.24. The molecule has 0 aliphatic carbocycles. The van der Waals surface area contributed by atoms with E-state index < -0.39 is 11.7 Å². The van der Waals surface area contributed by atoms with Crippen LogP contribution in [0.15, 0.2) is 18.2 Å². The fraction of sp³-hybridized carbons (Fsp3) is 0.571. The molecule has 1 aromatic carbocycles. The second kappa shape index (κ2) is 5.82. The number of ether oxygens (including phenoxy) is 1. The second-order valence-corrected chi connectivity index (χ2v) is 5.45. The second-order valence-electron chi connectivity index (χ2n) is 5.45. The van der Waals surface area contributed by atoms with Crippen molar-refractivity contribution in [2.75, 3.05) is 13.2 Å². The Morgan fingerprint density at radius 3 is 2.26 bits per heavy atom. The molecular weight excluding hydrogens is 255 g/mol. The average Bonchev–Trinajstić information content (AvgIpc) is 2.26. The largest absolute Gasteiger partial charge is 0.493 e. The molecule has 2 nitrogen and oxygen atoms in total. The molecule has 0 amide bonds. The minimum atomic E-state index is -4.36. The van der Waals surface area contributed by atoms with Gasteiger partial charge in [0.1, 0.15) is 5.75 Å². The van der Waals surface area contributed by atoms with Crippen LogP contribution >= 0.6 is 0 Å². The first-order valence-corrected chi connectivity index (χ1v) is 6.21. The summed E-state index contributed by atoms with van der Waals surface area (Å²) >= 11 is 0. The summed E-state index contributed by atoms with van der Waals surface area (Å²) in [7, 11) is 0. The van der Waals surface area contributed by atoms with Crippen LogP contribution in [0.4, 0.5) is 13.2 Å². The third kappa shape index (κ3) is 4.42.